The topological polar surface area (TPSA) is 68.5 Å². The van der Waals surface area contributed by atoms with Gasteiger partial charge in [-0.25, -0.2) is 13.6 Å². The number of rotatable bonds is 4. The summed E-state index contributed by atoms with van der Waals surface area (Å²) >= 11 is 0. The van der Waals surface area contributed by atoms with Gasteiger partial charge in [0.25, 0.3) is 5.91 Å². The van der Waals surface area contributed by atoms with Gasteiger partial charge in [-0.05, 0) is 37.3 Å². The number of nitrogens with one attached hydrogen (secondary N) is 1. The fourth-order valence-corrected chi connectivity index (χ4v) is 2.70. The van der Waals surface area contributed by atoms with E-state index in [1.54, 1.807) is 24.3 Å². The highest BCUT2D eigenvalue weighted by atomic mass is 19.1. The average Bonchev–Trinajstić information content (AvgIpc) is 3.07. The van der Waals surface area contributed by atoms with Gasteiger partial charge in [-0.1, -0.05) is 18.2 Å². The second-order valence-corrected chi connectivity index (χ2v) is 5.84. The second kappa shape index (κ2) is 6.59. The van der Waals surface area contributed by atoms with E-state index in [4.69, 9.17) is 4.42 Å². The smallest absolute Gasteiger partial charge is 0.336 e. The van der Waals surface area contributed by atoms with E-state index >= 15 is 0 Å². The Morgan fingerprint density at radius 2 is 1.85 bits per heavy atom. The maximum absolute atomic E-state index is 14.2. The summed E-state index contributed by atoms with van der Waals surface area (Å²) in [5.74, 6) is -3.40. The van der Waals surface area contributed by atoms with E-state index in [2.05, 4.69) is 10.1 Å². The quantitative estimate of drug-likeness (QED) is 0.724. The molecule has 0 saturated carbocycles. The molecule has 1 atom stereocenters. The van der Waals surface area contributed by atoms with Crippen LogP contribution >= 0.6 is 0 Å². The molecule has 5 nitrogen and oxygen atoms in total. The van der Waals surface area contributed by atoms with Crippen LogP contribution in [0.5, 0.6) is 0 Å². The Kier molecular flexibility index (Phi) is 4.46. The van der Waals surface area contributed by atoms with Crippen LogP contribution in [0.15, 0.2) is 52.9 Å². The molecule has 2 aromatic carbocycles. The largest absolute Gasteiger partial charge is 0.467 e. The highest BCUT2D eigenvalue weighted by molar-refractivity contribution is 5.99. The SMILES string of the molecule is COC(=O)[C@](C)(NC(=O)c1cc2ccccc2o1)c1cc(F)ccc1F. The summed E-state index contributed by atoms with van der Waals surface area (Å²) in [4.78, 5) is 24.9. The van der Waals surface area contributed by atoms with Crippen molar-refractivity contribution in [3.05, 3.63) is 71.5 Å². The molecule has 134 valence electrons. The van der Waals surface area contributed by atoms with E-state index in [9.17, 15) is 18.4 Å². The molecule has 0 aliphatic carbocycles. The molecular formula is C19H15F2NO4. The molecule has 7 heteroatoms. The Hall–Kier alpha value is -3.22. The van der Waals surface area contributed by atoms with Crippen molar-refractivity contribution in [2.45, 2.75) is 12.5 Å². The maximum Gasteiger partial charge on any atom is 0.336 e. The Balaban J connectivity index is 2.02. The molecule has 26 heavy (non-hydrogen) atoms. The summed E-state index contributed by atoms with van der Waals surface area (Å²) in [6.45, 7) is 1.23. The lowest BCUT2D eigenvalue weighted by atomic mass is 9.91. The Morgan fingerprint density at radius 1 is 1.12 bits per heavy atom. The zero-order chi connectivity index (χ0) is 18.9. The van der Waals surface area contributed by atoms with Gasteiger partial charge in [0.15, 0.2) is 11.3 Å². The number of esters is 1. The molecule has 0 bridgehead atoms. The summed E-state index contributed by atoms with van der Waals surface area (Å²) in [6, 6.07) is 11.1. The van der Waals surface area contributed by atoms with Gasteiger partial charge in [0.1, 0.15) is 17.2 Å². The molecule has 0 unspecified atom stereocenters. The number of hydrogen-bond donors (Lipinski definition) is 1. The number of amides is 1. The standard InChI is InChI=1S/C19H15F2NO4/c1-19(18(24)25-2,13-10-12(20)7-8-14(13)21)22-17(23)16-9-11-5-3-4-6-15(11)26-16/h3-10H,1-2H3,(H,22,23)/t19-/m1/s1. The molecule has 0 radical (unpaired) electrons. The summed E-state index contributed by atoms with van der Waals surface area (Å²) in [5.41, 5.74) is -1.82. The van der Waals surface area contributed by atoms with Crippen LogP contribution in [0.3, 0.4) is 0 Å². The highest BCUT2D eigenvalue weighted by Crippen LogP contribution is 2.27. The van der Waals surface area contributed by atoms with Crippen molar-refractivity contribution < 1.29 is 27.5 Å². The number of para-hydroxylation sites is 1. The molecule has 3 aromatic rings. The van der Waals surface area contributed by atoms with Gasteiger partial charge < -0.3 is 14.5 Å². The molecule has 0 saturated heterocycles. The van der Waals surface area contributed by atoms with E-state index in [1.807, 2.05) is 0 Å². The van der Waals surface area contributed by atoms with Crippen LogP contribution in [0.4, 0.5) is 8.78 Å². The zero-order valence-electron chi connectivity index (χ0n) is 14.0. The van der Waals surface area contributed by atoms with Crippen molar-refractivity contribution in [1.29, 1.82) is 0 Å². The van der Waals surface area contributed by atoms with Crippen molar-refractivity contribution in [3.8, 4) is 0 Å². The summed E-state index contributed by atoms with van der Waals surface area (Å²) in [7, 11) is 1.09. The van der Waals surface area contributed by atoms with Gasteiger partial charge in [-0.3, -0.25) is 4.79 Å². The Morgan fingerprint density at radius 3 is 2.54 bits per heavy atom. The summed E-state index contributed by atoms with van der Waals surface area (Å²) in [6.07, 6.45) is 0. The van der Waals surface area contributed by atoms with Gasteiger partial charge >= 0.3 is 5.97 Å². The van der Waals surface area contributed by atoms with Crippen LogP contribution in [0.1, 0.15) is 23.0 Å². The number of carbonyl (C=O) groups is 2. The first kappa shape index (κ1) is 17.6. The lowest BCUT2D eigenvalue weighted by molar-refractivity contribution is -0.148. The minimum absolute atomic E-state index is 0.0712. The van der Waals surface area contributed by atoms with E-state index in [-0.39, 0.29) is 11.3 Å². The highest BCUT2D eigenvalue weighted by Gasteiger charge is 2.41. The lowest BCUT2D eigenvalue weighted by Crippen LogP contribution is -2.50. The van der Waals surface area contributed by atoms with Crippen LogP contribution in [-0.2, 0) is 15.1 Å². The number of methoxy groups -OCH3 is 1. The van der Waals surface area contributed by atoms with Gasteiger partial charge in [0.05, 0.1) is 7.11 Å². The van der Waals surface area contributed by atoms with Crippen molar-refractivity contribution in [3.63, 3.8) is 0 Å². The van der Waals surface area contributed by atoms with Gasteiger partial charge in [-0.15, -0.1) is 0 Å². The van der Waals surface area contributed by atoms with Crippen LogP contribution in [0.25, 0.3) is 11.0 Å². The average molecular weight is 359 g/mol. The summed E-state index contributed by atoms with van der Waals surface area (Å²) < 4.78 is 38.0. The van der Waals surface area contributed by atoms with Crippen LogP contribution in [-0.4, -0.2) is 19.0 Å². The fourth-order valence-electron chi connectivity index (χ4n) is 2.70. The number of furan rings is 1. The fraction of sp³-hybridized carbons (Fsp3) is 0.158. The first-order valence-electron chi connectivity index (χ1n) is 7.70. The van der Waals surface area contributed by atoms with Crippen molar-refractivity contribution in [1.82, 2.24) is 5.32 Å². The molecule has 1 N–H and O–H groups in total. The number of ether oxygens (including phenoxy) is 1. The van der Waals surface area contributed by atoms with Gasteiger partial charge in [0, 0.05) is 10.9 Å². The third-order valence-corrected chi connectivity index (χ3v) is 4.07. The predicted molar refractivity (Wildman–Crippen MR) is 89.4 cm³/mol. The third-order valence-electron chi connectivity index (χ3n) is 4.07. The second-order valence-electron chi connectivity index (χ2n) is 5.84. The molecule has 0 spiro atoms. The third kappa shape index (κ3) is 3.03. The first-order valence-corrected chi connectivity index (χ1v) is 7.70. The number of fused-ring (bicyclic) bond motifs is 1. The predicted octanol–water partition coefficient (Wildman–Crippen LogP) is 3.53. The van der Waals surface area contributed by atoms with E-state index in [0.717, 1.165) is 25.3 Å². The minimum atomic E-state index is -1.95. The van der Waals surface area contributed by atoms with Crippen LogP contribution in [0.2, 0.25) is 0 Å². The molecule has 0 aliphatic heterocycles. The van der Waals surface area contributed by atoms with Crippen molar-refractivity contribution >= 4 is 22.8 Å². The molecular weight excluding hydrogens is 344 g/mol. The van der Waals surface area contributed by atoms with Gasteiger partial charge in [0.2, 0.25) is 0 Å². The van der Waals surface area contributed by atoms with E-state index in [1.165, 1.54) is 13.0 Å². The molecule has 1 amide bonds. The number of benzene rings is 2. The van der Waals surface area contributed by atoms with E-state index < -0.39 is 29.0 Å². The first-order chi connectivity index (χ1) is 12.3. The monoisotopic (exact) mass is 359 g/mol. The maximum atomic E-state index is 14.2. The minimum Gasteiger partial charge on any atom is -0.467 e. The Bertz CT molecular complexity index is 965. The number of carbonyl (C=O) groups excluding carboxylic acids is 2. The van der Waals surface area contributed by atoms with Crippen molar-refractivity contribution in [2.24, 2.45) is 0 Å². The molecule has 0 aliphatic rings. The molecule has 0 fully saturated rings. The molecule has 1 heterocycles. The Labute approximate surface area is 147 Å². The molecule has 3 rings (SSSR count). The summed E-state index contributed by atoms with van der Waals surface area (Å²) in [5, 5.41) is 3.08. The normalized spacial score (nSPS) is 13.2. The van der Waals surface area contributed by atoms with Crippen molar-refractivity contribution in [2.75, 3.05) is 7.11 Å². The van der Waals surface area contributed by atoms with Crippen LogP contribution < -0.4 is 5.32 Å². The number of hydrogen-bond acceptors (Lipinski definition) is 4. The molecule has 1 aromatic heterocycles. The van der Waals surface area contributed by atoms with E-state index in [0.29, 0.717) is 11.0 Å². The number of halogens is 2. The van der Waals surface area contributed by atoms with Gasteiger partial charge in [-0.2, -0.15) is 0 Å². The lowest BCUT2D eigenvalue weighted by Gasteiger charge is -2.28. The zero-order valence-corrected chi connectivity index (χ0v) is 14.0. The van der Waals surface area contributed by atoms with Crippen LogP contribution in [0, 0.1) is 11.6 Å².